The number of aromatic nitrogens is 4. The molecule has 42 heavy (non-hydrogen) atoms. The average molecular weight is 577 g/mol. The van der Waals surface area contributed by atoms with Crippen LogP contribution in [0.3, 0.4) is 0 Å². The van der Waals surface area contributed by atoms with Crippen molar-refractivity contribution in [2.45, 2.75) is 76.3 Å². The van der Waals surface area contributed by atoms with Crippen LogP contribution in [0, 0.1) is 0 Å². The second kappa shape index (κ2) is 12.3. The van der Waals surface area contributed by atoms with Gasteiger partial charge in [-0.25, -0.2) is 19.2 Å². The molecule has 6 rings (SSSR count). The maximum atomic E-state index is 14.9. The molecule has 0 spiro atoms. The van der Waals surface area contributed by atoms with Gasteiger partial charge >= 0.3 is 6.03 Å². The summed E-state index contributed by atoms with van der Waals surface area (Å²) in [6, 6.07) is 8.25. The van der Waals surface area contributed by atoms with Gasteiger partial charge in [-0.2, -0.15) is 5.10 Å². The van der Waals surface area contributed by atoms with Gasteiger partial charge in [0.15, 0.2) is 0 Å². The highest BCUT2D eigenvalue weighted by molar-refractivity contribution is 5.76. The number of aryl methyl sites for hydroxylation is 1. The zero-order valence-electron chi connectivity index (χ0n) is 24.6. The Morgan fingerprint density at radius 2 is 2.02 bits per heavy atom. The topological polar surface area (TPSA) is 111 Å². The van der Waals surface area contributed by atoms with Crippen molar-refractivity contribution in [1.82, 2.24) is 35.3 Å². The molecule has 2 saturated heterocycles. The fourth-order valence-electron chi connectivity index (χ4n) is 6.35. The van der Waals surface area contributed by atoms with E-state index in [1.54, 1.807) is 12.4 Å². The summed E-state index contributed by atoms with van der Waals surface area (Å²) >= 11 is 0. The SMILES string of the molecule is CC(C)OC1CN(C(=O)NC2CCCCc3cc(-c4ccnc(Nc5c[nH]nc5C5CCN(C)CC5F)n4)ccc32)C1. The predicted octanol–water partition coefficient (Wildman–Crippen LogP) is 4.95. The normalized spacial score (nSPS) is 23.3. The van der Waals surface area contributed by atoms with Crippen LogP contribution in [-0.2, 0) is 11.2 Å². The Morgan fingerprint density at radius 1 is 1.17 bits per heavy atom. The van der Waals surface area contributed by atoms with E-state index >= 15 is 0 Å². The second-order valence-corrected chi connectivity index (χ2v) is 12.1. The molecule has 2 fully saturated rings. The number of H-pyrrole nitrogens is 1. The minimum Gasteiger partial charge on any atom is -0.372 e. The second-order valence-electron chi connectivity index (χ2n) is 12.1. The van der Waals surface area contributed by atoms with E-state index in [1.807, 2.05) is 36.8 Å². The summed E-state index contributed by atoms with van der Waals surface area (Å²) in [7, 11) is 1.94. The van der Waals surface area contributed by atoms with Gasteiger partial charge in [-0.3, -0.25) is 5.10 Å². The van der Waals surface area contributed by atoms with Crippen LogP contribution >= 0.6 is 0 Å². The van der Waals surface area contributed by atoms with Crippen LogP contribution < -0.4 is 10.6 Å². The molecule has 11 heteroatoms. The van der Waals surface area contributed by atoms with Gasteiger partial charge in [-0.15, -0.1) is 0 Å². The quantitative estimate of drug-likeness (QED) is 0.341. The number of ether oxygens (including phenoxy) is 1. The first-order valence-corrected chi connectivity index (χ1v) is 15.1. The number of nitrogens with one attached hydrogen (secondary N) is 3. The number of rotatable bonds is 7. The van der Waals surface area contributed by atoms with Gasteiger partial charge in [-0.1, -0.05) is 18.6 Å². The number of aromatic amines is 1. The summed E-state index contributed by atoms with van der Waals surface area (Å²) in [5.41, 5.74) is 5.59. The first-order chi connectivity index (χ1) is 20.3. The van der Waals surface area contributed by atoms with Gasteiger partial charge in [0.1, 0.15) is 6.17 Å². The minimum absolute atomic E-state index is 0.0184. The number of fused-ring (bicyclic) bond motifs is 1. The standard InChI is InChI=1S/C31H41FN8O2/c1-19(2)42-22-16-40(17-22)31(41)37-27-7-5-4-6-20-14-21(8-9-23(20)27)26-10-12-33-30(35-26)36-28-15-34-38-29(28)24-11-13-39(3)18-25(24)32/h8-10,12,14-15,19,22,24-25,27H,4-7,11,13,16-18H2,1-3H3,(H,34,38)(H,37,41)(H,33,35,36). The Labute approximate surface area is 246 Å². The van der Waals surface area contributed by atoms with E-state index in [1.165, 1.54) is 11.1 Å². The maximum Gasteiger partial charge on any atom is 0.318 e. The first-order valence-electron chi connectivity index (χ1n) is 15.1. The molecule has 0 bridgehead atoms. The predicted molar refractivity (Wildman–Crippen MR) is 159 cm³/mol. The zero-order chi connectivity index (χ0) is 29.2. The Bertz CT molecular complexity index is 1390. The lowest BCUT2D eigenvalue weighted by Crippen LogP contribution is -2.58. The van der Waals surface area contributed by atoms with Crippen LogP contribution in [0.15, 0.2) is 36.7 Å². The summed E-state index contributed by atoms with van der Waals surface area (Å²) in [6.07, 6.45) is 7.50. The van der Waals surface area contributed by atoms with Crippen molar-refractivity contribution in [2.24, 2.45) is 0 Å². The number of amides is 2. The van der Waals surface area contributed by atoms with Crippen LogP contribution in [0.4, 0.5) is 20.8 Å². The number of benzene rings is 1. The Balaban J connectivity index is 1.15. The molecular weight excluding hydrogens is 535 g/mol. The molecule has 3 aliphatic rings. The third kappa shape index (κ3) is 6.27. The fraction of sp³-hybridized carbons (Fsp3) is 0.548. The Kier molecular flexibility index (Phi) is 8.39. The number of alkyl halides is 1. The van der Waals surface area contributed by atoms with Gasteiger partial charge in [-0.05, 0) is 76.4 Å². The Hall–Kier alpha value is -3.57. The number of halogens is 1. The molecule has 0 radical (unpaired) electrons. The maximum absolute atomic E-state index is 14.9. The molecule has 1 aromatic carbocycles. The third-order valence-electron chi connectivity index (χ3n) is 8.57. The molecule has 3 atom stereocenters. The van der Waals surface area contributed by atoms with Gasteiger partial charge < -0.3 is 25.2 Å². The highest BCUT2D eigenvalue weighted by Crippen LogP contribution is 2.35. The van der Waals surface area contributed by atoms with Crippen LogP contribution in [0.5, 0.6) is 0 Å². The molecule has 224 valence electrons. The molecule has 3 unspecified atom stereocenters. The van der Waals surface area contributed by atoms with E-state index in [0.29, 0.717) is 43.4 Å². The molecule has 2 aromatic heterocycles. The smallest absolute Gasteiger partial charge is 0.318 e. The lowest BCUT2D eigenvalue weighted by atomic mass is 9.91. The summed E-state index contributed by atoms with van der Waals surface area (Å²) in [6.45, 7) is 6.55. The van der Waals surface area contributed by atoms with Crippen molar-refractivity contribution in [3.63, 3.8) is 0 Å². The molecular formula is C31H41FN8O2. The molecule has 2 amide bonds. The van der Waals surface area contributed by atoms with Crippen LogP contribution in [0.1, 0.15) is 68.3 Å². The van der Waals surface area contributed by atoms with Crippen LogP contribution in [-0.4, -0.2) is 87.6 Å². The number of carbonyl (C=O) groups is 1. The van der Waals surface area contributed by atoms with Crippen molar-refractivity contribution in [2.75, 3.05) is 38.5 Å². The van der Waals surface area contributed by atoms with Gasteiger partial charge in [0.05, 0.1) is 48.4 Å². The summed E-state index contributed by atoms with van der Waals surface area (Å²) in [5, 5.41) is 13.8. The minimum atomic E-state index is -0.977. The van der Waals surface area contributed by atoms with E-state index in [2.05, 4.69) is 44.0 Å². The number of hydrogen-bond donors (Lipinski definition) is 3. The van der Waals surface area contributed by atoms with Gasteiger partial charge in [0, 0.05) is 30.4 Å². The van der Waals surface area contributed by atoms with E-state index in [0.717, 1.165) is 43.5 Å². The molecule has 3 aromatic rings. The number of urea groups is 1. The van der Waals surface area contributed by atoms with Crippen molar-refractivity contribution >= 4 is 17.7 Å². The number of carbonyl (C=O) groups excluding carboxylic acids is 1. The highest BCUT2D eigenvalue weighted by atomic mass is 19.1. The number of piperidine rings is 1. The van der Waals surface area contributed by atoms with Gasteiger partial charge in [0.25, 0.3) is 0 Å². The van der Waals surface area contributed by atoms with Crippen LogP contribution in [0.2, 0.25) is 0 Å². The molecule has 3 N–H and O–H groups in total. The fourth-order valence-corrected chi connectivity index (χ4v) is 6.35. The van der Waals surface area contributed by atoms with Crippen molar-refractivity contribution in [3.8, 4) is 11.3 Å². The number of nitrogens with zero attached hydrogens (tertiary/aromatic N) is 5. The number of likely N-dealkylation sites (tertiary alicyclic amines) is 2. The molecule has 0 saturated carbocycles. The molecule has 4 heterocycles. The third-order valence-corrected chi connectivity index (χ3v) is 8.57. The van der Waals surface area contributed by atoms with E-state index in [9.17, 15) is 9.18 Å². The zero-order valence-corrected chi connectivity index (χ0v) is 24.6. The lowest BCUT2D eigenvalue weighted by Gasteiger charge is -2.40. The van der Waals surface area contributed by atoms with E-state index in [-0.39, 0.29) is 30.2 Å². The van der Waals surface area contributed by atoms with E-state index < -0.39 is 6.17 Å². The molecule has 1 aliphatic carbocycles. The van der Waals surface area contributed by atoms with Crippen molar-refractivity contribution in [3.05, 3.63) is 53.5 Å². The van der Waals surface area contributed by atoms with Gasteiger partial charge in [0.2, 0.25) is 5.95 Å². The summed E-state index contributed by atoms with van der Waals surface area (Å²) < 4.78 is 20.7. The number of hydrogen-bond acceptors (Lipinski definition) is 7. The number of anilines is 2. The van der Waals surface area contributed by atoms with Crippen molar-refractivity contribution < 1.29 is 13.9 Å². The van der Waals surface area contributed by atoms with E-state index in [4.69, 9.17) is 9.72 Å². The Morgan fingerprint density at radius 3 is 2.83 bits per heavy atom. The largest absolute Gasteiger partial charge is 0.372 e. The highest BCUT2D eigenvalue weighted by Gasteiger charge is 2.34. The molecule has 10 nitrogen and oxygen atoms in total. The van der Waals surface area contributed by atoms with Crippen molar-refractivity contribution in [1.29, 1.82) is 0 Å². The monoisotopic (exact) mass is 576 g/mol. The lowest BCUT2D eigenvalue weighted by molar-refractivity contribution is -0.0644. The van der Waals surface area contributed by atoms with Crippen LogP contribution in [0.25, 0.3) is 11.3 Å². The summed E-state index contributed by atoms with van der Waals surface area (Å²) in [5.74, 6) is 0.167. The molecule has 2 aliphatic heterocycles. The first kappa shape index (κ1) is 28.5. The average Bonchev–Trinajstić information content (AvgIpc) is 3.29. The summed E-state index contributed by atoms with van der Waals surface area (Å²) in [4.78, 5) is 26.0.